The molecule has 0 unspecified atom stereocenters. The summed E-state index contributed by atoms with van der Waals surface area (Å²) < 4.78 is 5.65. The Morgan fingerprint density at radius 3 is 2.35 bits per heavy atom. The SMILES string of the molecule is CC(C)CCOc1ccc(C(=O)N/N=C/c2ccc(N(C)C)cc2)cc1. The summed E-state index contributed by atoms with van der Waals surface area (Å²) in [5, 5.41) is 4.01. The van der Waals surface area contributed by atoms with Crippen LogP contribution in [0.4, 0.5) is 5.69 Å². The average molecular weight is 353 g/mol. The number of nitrogens with one attached hydrogen (secondary N) is 1. The van der Waals surface area contributed by atoms with Crippen LogP contribution in [0.5, 0.6) is 5.75 Å². The maximum Gasteiger partial charge on any atom is 0.271 e. The van der Waals surface area contributed by atoms with Gasteiger partial charge in [-0.3, -0.25) is 4.79 Å². The molecule has 2 aromatic carbocycles. The molecule has 0 fully saturated rings. The lowest BCUT2D eigenvalue weighted by molar-refractivity contribution is 0.0955. The van der Waals surface area contributed by atoms with Crippen molar-refractivity contribution in [3.05, 3.63) is 59.7 Å². The summed E-state index contributed by atoms with van der Waals surface area (Å²) in [5.41, 5.74) is 5.12. The van der Waals surface area contributed by atoms with Gasteiger partial charge in [0.05, 0.1) is 12.8 Å². The standard InChI is InChI=1S/C21H27N3O2/c1-16(2)13-14-26-20-11-7-18(8-12-20)21(25)23-22-15-17-5-9-19(10-6-17)24(3)4/h5-12,15-16H,13-14H2,1-4H3,(H,23,25)/b22-15+. The molecule has 0 aliphatic carbocycles. The number of hydrogen-bond donors (Lipinski definition) is 1. The molecule has 5 nitrogen and oxygen atoms in total. The van der Waals surface area contributed by atoms with E-state index >= 15 is 0 Å². The molecule has 0 aromatic heterocycles. The van der Waals surface area contributed by atoms with Gasteiger partial charge in [0.1, 0.15) is 5.75 Å². The maximum atomic E-state index is 12.1. The molecule has 1 amide bonds. The van der Waals surface area contributed by atoms with Gasteiger partial charge in [0.25, 0.3) is 5.91 Å². The van der Waals surface area contributed by atoms with Gasteiger partial charge < -0.3 is 9.64 Å². The Kier molecular flexibility index (Phi) is 7.21. The van der Waals surface area contributed by atoms with E-state index in [4.69, 9.17) is 4.74 Å². The minimum atomic E-state index is -0.250. The van der Waals surface area contributed by atoms with Crippen LogP contribution in [-0.4, -0.2) is 32.8 Å². The minimum absolute atomic E-state index is 0.250. The summed E-state index contributed by atoms with van der Waals surface area (Å²) in [6.07, 6.45) is 2.63. The van der Waals surface area contributed by atoms with Crippen LogP contribution >= 0.6 is 0 Å². The van der Waals surface area contributed by atoms with Crippen LogP contribution in [0.15, 0.2) is 53.6 Å². The van der Waals surface area contributed by atoms with E-state index < -0.39 is 0 Å². The average Bonchev–Trinajstić information content (AvgIpc) is 2.62. The van der Waals surface area contributed by atoms with Gasteiger partial charge in [-0.25, -0.2) is 5.43 Å². The van der Waals surface area contributed by atoms with Crippen molar-refractivity contribution in [1.29, 1.82) is 0 Å². The number of benzene rings is 2. The second kappa shape index (κ2) is 9.61. The lowest BCUT2D eigenvalue weighted by atomic mass is 10.1. The van der Waals surface area contributed by atoms with Crippen molar-refractivity contribution in [3.63, 3.8) is 0 Å². The van der Waals surface area contributed by atoms with E-state index in [1.807, 2.05) is 43.3 Å². The third-order valence-electron chi connectivity index (χ3n) is 3.87. The first kappa shape index (κ1) is 19.5. The predicted molar refractivity (Wildman–Crippen MR) is 107 cm³/mol. The number of nitrogens with zero attached hydrogens (tertiary/aromatic N) is 2. The summed E-state index contributed by atoms with van der Waals surface area (Å²) >= 11 is 0. The Morgan fingerprint density at radius 2 is 1.77 bits per heavy atom. The molecule has 1 N–H and O–H groups in total. The Morgan fingerprint density at radius 1 is 1.12 bits per heavy atom. The normalized spacial score (nSPS) is 11.0. The van der Waals surface area contributed by atoms with Gasteiger partial charge in [0, 0.05) is 25.3 Å². The van der Waals surface area contributed by atoms with Gasteiger partial charge in [-0.2, -0.15) is 5.10 Å². The first-order chi connectivity index (χ1) is 12.5. The van der Waals surface area contributed by atoms with Crippen molar-refractivity contribution in [2.24, 2.45) is 11.0 Å². The Hall–Kier alpha value is -2.82. The van der Waals surface area contributed by atoms with Gasteiger partial charge in [-0.1, -0.05) is 26.0 Å². The summed E-state index contributed by atoms with van der Waals surface area (Å²) in [5.74, 6) is 1.13. The molecular formula is C21H27N3O2. The van der Waals surface area contributed by atoms with Crippen LogP contribution in [0, 0.1) is 5.92 Å². The summed E-state index contributed by atoms with van der Waals surface area (Å²) in [7, 11) is 3.98. The molecule has 2 rings (SSSR count). The molecule has 0 radical (unpaired) electrons. The lowest BCUT2D eigenvalue weighted by Gasteiger charge is -2.11. The van der Waals surface area contributed by atoms with Crippen molar-refractivity contribution < 1.29 is 9.53 Å². The molecule has 0 aliphatic rings. The zero-order valence-corrected chi connectivity index (χ0v) is 15.9. The van der Waals surface area contributed by atoms with Crippen molar-refractivity contribution >= 4 is 17.8 Å². The fourth-order valence-electron chi connectivity index (χ4n) is 2.20. The third-order valence-corrected chi connectivity index (χ3v) is 3.87. The molecule has 0 atom stereocenters. The second-order valence-electron chi connectivity index (χ2n) is 6.74. The smallest absolute Gasteiger partial charge is 0.271 e. The monoisotopic (exact) mass is 353 g/mol. The number of carbonyl (C=O) groups is 1. The number of anilines is 1. The van der Waals surface area contributed by atoms with Gasteiger partial charge in [0.2, 0.25) is 0 Å². The quantitative estimate of drug-likeness (QED) is 0.578. The van der Waals surface area contributed by atoms with E-state index in [9.17, 15) is 4.79 Å². The number of rotatable bonds is 8. The first-order valence-corrected chi connectivity index (χ1v) is 8.79. The largest absolute Gasteiger partial charge is 0.494 e. The Bertz CT molecular complexity index is 720. The highest BCUT2D eigenvalue weighted by atomic mass is 16.5. The molecule has 0 aliphatic heterocycles. The number of hydrazone groups is 1. The van der Waals surface area contributed by atoms with E-state index in [1.165, 1.54) is 0 Å². The number of hydrogen-bond acceptors (Lipinski definition) is 4. The van der Waals surface area contributed by atoms with Gasteiger partial charge in [-0.05, 0) is 54.3 Å². The van der Waals surface area contributed by atoms with E-state index in [0.29, 0.717) is 18.1 Å². The molecule has 0 saturated carbocycles. The summed E-state index contributed by atoms with van der Waals surface area (Å²) in [6, 6.07) is 15.0. The Labute approximate surface area is 155 Å². The molecule has 5 heteroatoms. The van der Waals surface area contributed by atoms with Crippen molar-refractivity contribution in [3.8, 4) is 5.75 Å². The highest BCUT2D eigenvalue weighted by Gasteiger charge is 2.04. The van der Waals surface area contributed by atoms with Gasteiger partial charge in [-0.15, -0.1) is 0 Å². The molecule has 26 heavy (non-hydrogen) atoms. The fraction of sp³-hybridized carbons (Fsp3) is 0.333. The van der Waals surface area contributed by atoms with E-state index in [1.54, 1.807) is 30.5 Å². The van der Waals surface area contributed by atoms with E-state index in [0.717, 1.165) is 23.4 Å². The van der Waals surface area contributed by atoms with Crippen molar-refractivity contribution in [1.82, 2.24) is 5.43 Å². The predicted octanol–water partition coefficient (Wildman–Crippen LogP) is 3.94. The lowest BCUT2D eigenvalue weighted by Crippen LogP contribution is -2.17. The second-order valence-corrected chi connectivity index (χ2v) is 6.74. The zero-order valence-electron chi connectivity index (χ0n) is 15.9. The zero-order chi connectivity index (χ0) is 18.9. The van der Waals surface area contributed by atoms with Gasteiger partial charge >= 0.3 is 0 Å². The fourth-order valence-corrected chi connectivity index (χ4v) is 2.20. The molecule has 2 aromatic rings. The van der Waals surface area contributed by atoms with Crippen LogP contribution in [0.1, 0.15) is 36.2 Å². The molecule has 0 saturated heterocycles. The van der Waals surface area contributed by atoms with E-state index in [-0.39, 0.29) is 5.91 Å². The van der Waals surface area contributed by atoms with Crippen molar-refractivity contribution in [2.45, 2.75) is 20.3 Å². The topological polar surface area (TPSA) is 53.9 Å². The minimum Gasteiger partial charge on any atom is -0.494 e. The maximum absolute atomic E-state index is 12.1. The molecule has 138 valence electrons. The van der Waals surface area contributed by atoms with Gasteiger partial charge in [0.15, 0.2) is 0 Å². The third kappa shape index (κ3) is 6.24. The van der Waals surface area contributed by atoms with Crippen LogP contribution < -0.4 is 15.1 Å². The van der Waals surface area contributed by atoms with Crippen molar-refractivity contribution in [2.75, 3.05) is 25.6 Å². The van der Waals surface area contributed by atoms with Crippen LogP contribution in [0.25, 0.3) is 0 Å². The molecule has 0 bridgehead atoms. The van der Waals surface area contributed by atoms with Crippen LogP contribution in [0.2, 0.25) is 0 Å². The number of ether oxygens (including phenoxy) is 1. The summed E-state index contributed by atoms with van der Waals surface area (Å²) in [4.78, 5) is 14.1. The highest BCUT2D eigenvalue weighted by Crippen LogP contribution is 2.14. The summed E-state index contributed by atoms with van der Waals surface area (Å²) in [6.45, 7) is 5.00. The highest BCUT2D eigenvalue weighted by molar-refractivity contribution is 5.95. The molecular weight excluding hydrogens is 326 g/mol. The number of carbonyl (C=O) groups excluding carboxylic acids is 1. The van der Waals surface area contributed by atoms with Crippen LogP contribution in [0.3, 0.4) is 0 Å². The molecule has 0 heterocycles. The van der Waals surface area contributed by atoms with Crippen LogP contribution in [-0.2, 0) is 0 Å². The number of amides is 1. The van der Waals surface area contributed by atoms with E-state index in [2.05, 4.69) is 24.4 Å². The first-order valence-electron chi connectivity index (χ1n) is 8.79. The Balaban J connectivity index is 1.85. The molecule has 0 spiro atoms.